The molecule has 5 nitrogen and oxygen atoms in total. The Bertz CT molecular complexity index is 926. The van der Waals surface area contributed by atoms with Gasteiger partial charge in [-0.1, -0.05) is 47.1 Å². The van der Waals surface area contributed by atoms with Gasteiger partial charge >= 0.3 is 0 Å². The fourth-order valence-electron chi connectivity index (χ4n) is 2.50. The van der Waals surface area contributed by atoms with Gasteiger partial charge in [0.05, 0.1) is 17.8 Å². The normalized spacial score (nSPS) is 11.1. The molecule has 0 spiro atoms. The summed E-state index contributed by atoms with van der Waals surface area (Å²) in [5, 5.41) is 9.97. The number of benzene rings is 1. The Balaban J connectivity index is 1.74. The van der Waals surface area contributed by atoms with Crippen molar-refractivity contribution in [3.8, 4) is 11.3 Å². The van der Waals surface area contributed by atoms with E-state index in [9.17, 15) is 0 Å². The lowest BCUT2D eigenvalue weighted by Crippen LogP contribution is -1.99. The lowest BCUT2D eigenvalue weighted by Gasteiger charge is -2.02. The fourth-order valence-corrected chi connectivity index (χ4v) is 2.75. The predicted molar refractivity (Wildman–Crippen MR) is 85.7 cm³/mol. The van der Waals surface area contributed by atoms with E-state index >= 15 is 0 Å². The standard InChI is InChI=1S/C16H12ClN5/c17-13-8-19-16-12(6-7-18-16)15(13)14-10-22(21-20-14)9-11-4-2-1-3-5-11/h1-8,10H,9H2,(H,18,19). The molecule has 0 saturated carbocycles. The molecule has 0 unspecified atom stereocenters. The van der Waals surface area contributed by atoms with Gasteiger partial charge in [-0.2, -0.15) is 0 Å². The van der Waals surface area contributed by atoms with E-state index in [0.717, 1.165) is 22.3 Å². The van der Waals surface area contributed by atoms with Gasteiger partial charge in [-0.25, -0.2) is 9.67 Å². The molecule has 0 atom stereocenters. The summed E-state index contributed by atoms with van der Waals surface area (Å²) in [6.45, 7) is 0.673. The van der Waals surface area contributed by atoms with Crippen molar-refractivity contribution in [1.29, 1.82) is 0 Å². The molecule has 4 aromatic rings. The zero-order valence-corrected chi connectivity index (χ0v) is 12.3. The summed E-state index contributed by atoms with van der Waals surface area (Å²) in [6, 6.07) is 12.1. The molecule has 0 aliphatic rings. The Morgan fingerprint density at radius 2 is 2.00 bits per heavy atom. The highest BCUT2D eigenvalue weighted by molar-refractivity contribution is 6.34. The molecule has 0 amide bonds. The number of nitrogens with one attached hydrogen (secondary N) is 1. The van der Waals surface area contributed by atoms with Crippen LogP contribution in [0.5, 0.6) is 0 Å². The van der Waals surface area contributed by atoms with Gasteiger partial charge in [-0.15, -0.1) is 5.10 Å². The van der Waals surface area contributed by atoms with E-state index in [1.165, 1.54) is 5.56 Å². The minimum Gasteiger partial charge on any atom is -0.346 e. The number of H-pyrrole nitrogens is 1. The van der Waals surface area contributed by atoms with E-state index in [0.29, 0.717) is 11.6 Å². The fraction of sp³-hybridized carbons (Fsp3) is 0.0625. The Morgan fingerprint density at radius 3 is 2.86 bits per heavy atom. The second-order valence-corrected chi connectivity index (χ2v) is 5.42. The van der Waals surface area contributed by atoms with Crippen molar-refractivity contribution in [2.24, 2.45) is 0 Å². The number of hydrogen-bond acceptors (Lipinski definition) is 3. The van der Waals surface area contributed by atoms with Crippen LogP contribution in [0.4, 0.5) is 0 Å². The van der Waals surface area contributed by atoms with Crippen LogP contribution in [0, 0.1) is 0 Å². The molecule has 3 aromatic heterocycles. The van der Waals surface area contributed by atoms with Gasteiger partial charge in [0.25, 0.3) is 0 Å². The second-order valence-electron chi connectivity index (χ2n) is 5.01. The smallest absolute Gasteiger partial charge is 0.138 e. The number of fused-ring (bicyclic) bond motifs is 1. The van der Waals surface area contributed by atoms with Gasteiger partial charge in [0.1, 0.15) is 11.3 Å². The second kappa shape index (κ2) is 5.27. The molecule has 6 heteroatoms. The van der Waals surface area contributed by atoms with E-state index in [-0.39, 0.29) is 0 Å². The van der Waals surface area contributed by atoms with Gasteiger partial charge in [-0.3, -0.25) is 0 Å². The van der Waals surface area contributed by atoms with Crippen LogP contribution in [0.25, 0.3) is 22.3 Å². The Kier molecular flexibility index (Phi) is 3.12. The van der Waals surface area contributed by atoms with Crippen molar-refractivity contribution in [3.05, 3.63) is 65.6 Å². The number of halogens is 1. The number of hydrogen-bond donors (Lipinski definition) is 1. The molecule has 1 aromatic carbocycles. The number of rotatable bonds is 3. The highest BCUT2D eigenvalue weighted by Crippen LogP contribution is 2.32. The van der Waals surface area contributed by atoms with Crippen LogP contribution in [0.2, 0.25) is 5.02 Å². The number of pyridine rings is 1. The Labute approximate surface area is 131 Å². The molecule has 108 valence electrons. The minimum atomic E-state index is 0.568. The van der Waals surface area contributed by atoms with Crippen molar-refractivity contribution in [2.45, 2.75) is 6.54 Å². The number of aromatic nitrogens is 5. The monoisotopic (exact) mass is 309 g/mol. The summed E-state index contributed by atoms with van der Waals surface area (Å²) in [5.41, 5.74) is 3.56. The molecule has 0 radical (unpaired) electrons. The van der Waals surface area contributed by atoms with Crippen molar-refractivity contribution in [2.75, 3.05) is 0 Å². The quantitative estimate of drug-likeness (QED) is 0.630. The minimum absolute atomic E-state index is 0.568. The molecule has 22 heavy (non-hydrogen) atoms. The largest absolute Gasteiger partial charge is 0.346 e. The van der Waals surface area contributed by atoms with Crippen molar-refractivity contribution < 1.29 is 0 Å². The summed E-state index contributed by atoms with van der Waals surface area (Å²) in [7, 11) is 0. The average Bonchev–Trinajstić information content (AvgIpc) is 3.17. The van der Waals surface area contributed by atoms with Gasteiger partial charge in [0.15, 0.2) is 0 Å². The van der Waals surface area contributed by atoms with Crippen molar-refractivity contribution in [3.63, 3.8) is 0 Å². The lowest BCUT2D eigenvalue weighted by atomic mass is 10.1. The van der Waals surface area contributed by atoms with Crippen LogP contribution >= 0.6 is 11.6 Å². The van der Waals surface area contributed by atoms with E-state index in [4.69, 9.17) is 11.6 Å². The molecule has 0 aliphatic heterocycles. The van der Waals surface area contributed by atoms with Crippen molar-refractivity contribution >= 4 is 22.6 Å². The first-order valence-electron chi connectivity index (χ1n) is 6.87. The first-order valence-corrected chi connectivity index (χ1v) is 7.25. The summed E-state index contributed by atoms with van der Waals surface area (Å²) >= 11 is 6.31. The number of nitrogens with zero attached hydrogens (tertiary/aromatic N) is 4. The molecule has 0 fully saturated rings. The van der Waals surface area contributed by atoms with E-state index in [1.807, 2.05) is 36.7 Å². The molecule has 4 rings (SSSR count). The van der Waals surface area contributed by atoms with E-state index < -0.39 is 0 Å². The van der Waals surface area contributed by atoms with Crippen LogP contribution in [0.15, 0.2) is 55.0 Å². The predicted octanol–water partition coefficient (Wildman–Crippen LogP) is 3.52. The van der Waals surface area contributed by atoms with Crippen molar-refractivity contribution in [1.82, 2.24) is 25.0 Å². The molecule has 3 heterocycles. The van der Waals surface area contributed by atoms with Crippen LogP contribution in [-0.2, 0) is 6.54 Å². The van der Waals surface area contributed by atoms with E-state index in [2.05, 4.69) is 32.4 Å². The SMILES string of the molecule is Clc1cnc2[nH]ccc2c1-c1cn(Cc2ccccc2)nn1. The summed E-state index contributed by atoms with van der Waals surface area (Å²) < 4.78 is 1.81. The number of aromatic amines is 1. The average molecular weight is 310 g/mol. The molecular weight excluding hydrogens is 298 g/mol. The highest BCUT2D eigenvalue weighted by atomic mass is 35.5. The molecule has 0 bridgehead atoms. The summed E-state index contributed by atoms with van der Waals surface area (Å²) in [5.74, 6) is 0. The van der Waals surface area contributed by atoms with Crippen LogP contribution in [0.3, 0.4) is 0 Å². The van der Waals surface area contributed by atoms with Gasteiger partial charge in [-0.05, 0) is 11.6 Å². The van der Waals surface area contributed by atoms with Crippen LogP contribution in [0.1, 0.15) is 5.56 Å². The van der Waals surface area contributed by atoms with Gasteiger partial charge in [0.2, 0.25) is 0 Å². The zero-order valence-electron chi connectivity index (χ0n) is 11.6. The first-order chi connectivity index (χ1) is 10.8. The third-order valence-corrected chi connectivity index (χ3v) is 3.81. The zero-order chi connectivity index (χ0) is 14.9. The summed E-state index contributed by atoms with van der Waals surface area (Å²) in [6.07, 6.45) is 5.37. The third kappa shape index (κ3) is 2.25. The Morgan fingerprint density at radius 1 is 1.14 bits per heavy atom. The summed E-state index contributed by atoms with van der Waals surface area (Å²) in [4.78, 5) is 7.34. The van der Waals surface area contributed by atoms with E-state index in [1.54, 1.807) is 10.9 Å². The van der Waals surface area contributed by atoms with Crippen LogP contribution in [-0.4, -0.2) is 25.0 Å². The van der Waals surface area contributed by atoms with Gasteiger partial charge in [0, 0.05) is 23.3 Å². The maximum atomic E-state index is 6.31. The third-order valence-electron chi connectivity index (χ3n) is 3.52. The van der Waals surface area contributed by atoms with Crippen LogP contribution < -0.4 is 0 Å². The molecule has 0 aliphatic carbocycles. The molecule has 1 N–H and O–H groups in total. The molecule has 0 saturated heterocycles. The maximum Gasteiger partial charge on any atom is 0.138 e. The highest BCUT2D eigenvalue weighted by Gasteiger charge is 2.14. The maximum absolute atomic E-state index is 6.31. The lowest BCUT2D eigenvalue weighted by molar-refractivity contribution is 0.650. The van der Waals surface area contributed by atoms with Gasteiger partial charge < -0.3 is 4.98 Å². The first kappa shape index (κ1) is 13.0. The topological polar surface area (TPSA) is 59.4 Å². The Hall–Kier alpha value is -2.66. The molecular formula is C16H12ClN5.